The number of carbonyl (C=O) groups is 1. The van der Waals surface area contributed by atoms with E-state index in [9.17, 15) is 4.79 Å². The Morgan fingerprint density at radius 3 is 2.81 bits per heavy atom. The van der Waals surface area contributed by atoms with Crippen LogP contribution in [-0.2, 0) is 14.1 Å². The van der Waals surface area contributed by atoms with Gasteiger partial charge in [0.1, 0.15) is 5.82 Å². The summed E-state index contributed by atoms with van der Waals surface area (Å²) in [4.78, 5) is 16.9. The van der Waals surface area contributed by atoms with Crippen molar-refractivity contribution in [2.45, 2.75) is 25.8 Å². The highest BCUT2D eigenvalue weighted by Gasteiger charge is 2.34. The summed E-state index contributed by atoms with van der Waals surface area (Å²) >= 11 is 0. The minimum absolute atomic E-state index is 0.104. The molecular formula is C18H29N7O. The molecule has 1 saturated heterocycles. The molecule has 1 fully saturated rings. The zero-order valence-corrected chi connectivity index (χ0v) is 16.1. The lowest BCUT2D eigenvalue weighted by molar-refractivity contribution is 0.0828. The van der Waals surface area contributed by atoms with E-state index in [1.54, 1.807) is 21.8 Å². The van der Waals surface area contributed by atoms with Crippen molar-refractivity contribution in [3.05, 3.63) is 30.2 Å². The molecule has 2 atom stereocenters. The fourth-order valence-electron chi connectivity index (χ4n) is 3.91. The van der Waals surface area contributed by atoms with Crippen molar-refractivity contribution in [2.75, 3.05) is 32.0 Å². The van der Waals surface area contributed by atoms with Crippen molar-refractivity contribution < 1.29 is 4.79 Å². The number of rotatable bonds is 5. The zero-order valence-electron chi connectivity index (χ0n) is 16.1. The largest absolute Gasteiger partial charge is 0.327 e. The predicted octanol–water partition coefficient (Wildman–Crippen LogP) is 2.09. The predicted molar refractivity (Wildman–Crippen MR) is 101 cm³/mol. The molecule has 2 aromatic heterocycles. The first-order chi connectivity index (χ1) is 12.5. The lowest BCUT2D eigenvalue weighted by atomic mass is 9.85. The third kappa shape index (κ3) is 3.90. The van der Waals surface area contributed by atoms with Gasteiger partial charge in [0.25, 0.3) is 0 Å². The maximum Gasteiger partial charge on any atom is 0.322 e. The first kappa shape index (κ1) is 18.4. The highest BCUT2D eigenvalue weighted by Crippen LogP contribution is 2.36. The molecule has 26 heavy (non-hydrogen) atoms. The number of hydrogen-bond acceptors (Lipinski definition) is 4. The van der Waals surface area contributed by atoms with E-state index in [4.69, 9.17) is 0 Å². The number of piperidine rings is 1. The third-order valence-electron chi connectivity index (χ3n) is 5.24. The summed E-state index contributed by atoms with van der Waals surface area (Å²) < 4.78 is 3.51. The summed E-state index contributed by atoms with van der Waals surface area (Å²) in [6.45, 7) is 5.00. The van der Waals surface area contributed by atoms with Crippen LogP contribution < -0.4 is 5.32 Å². The second-order valence-electron chi connectivity index (χ2n) is 7.07. The van der Waals surface area contributed by atoms with E-state index >= 15 is 0 Å². The molecule has 3 rings (SSSR count). The van der Waals surface area contributed by atoms with Gasteiger partial charge in [0.05, 0.1) is 12.4 Å². The van der Waals surface area contributed by atoms with Gasteiger partial charge in [-0.05, 0) is 31.8 Å². The fraction of sp³-hybridized carbons (Fsp3) is 0.611. The van der Waals surface area contributed by atoms with Crippen LogP contribution in [0.3, 0.4) is 0 Å². The van der Waals surface area contributed by atoms with Crippen LogP contribution in [0.15, 0.2) is 24.7 Å². The number of aromatic nitrogens is 4. The number of urea groups is 1. The summed E-state index contributed by atoms with van der Waals surface area (Å²) in [5, 5.41) is 11.4. The quantitative estimate of drug-likeness (QED) is 0.887. The minimum atomic E-state index is -0.104. The molecule has 0 radical (unpaired) electrons. The first-order valence-electron chi connectivity index (χ1n) is 9.22. The van der Waals surface area contributed by atoms with Crippen LogP contribution in [0.1, 0.15) is 31.4 Å². The van der Waals surface area contributed by atoms with E-state index in [-0.39, 0.29) is 6.03 Å². The second-order valence-corrected chi connectivity index (χ2v) is 7.07. The molecule has 8 heteroatoms. The van der Waals surface area contributed by atoms with Crippen LogP contribution in [-0.4, -0.2) is 62.1 Å². The number of anilines is 1. The molecule has 0 aliphatic carbocycles. The molecule has 142 valence electrons. The molecule has 0 aromatic carbocycles. The number of amides is 2. The number of aryl methyl sites for hydroxylation is 2. The van der Waals surface area contributed by atoms with Gasteiger partial charge >= 0.3 is 6.03 Å². The highest BCUT2D eigenvalue weighted by atomic mass is 16.2. The number of hydrogen-bond donors (Lipinski definition) is 1. The third-order valence-corrected chi connectivity index (χ3v) is 5.24. The van der Waals surface area contributed by atoms with Gasteiger partial charge in [-0.3, -0.25) is 19.6 Å². The zero-order chi connectivity index (χ0) is 18.7. The monoisotopic (exact) mass is 359 g/mol. The summed E-state index contributed by atoms with van der Waals surface area (Å²) in [5.74, 6) is 1.08. The van der Waals surface area contributed by atoms with Crippen LogP contribution in [0.2, 0.25) is 0 Å². The fourth-order valence-corrected chi connectivity index (χ4v) is 3.91. The van der Waals surface area contributed by atoms with Crippen LogP contribution in [0.5, 0.6) is 0 Å². The van der Waals surface area contributed by atoms with E-state index in [0.29, 0.717) is 24.3 Å². The smallest absolute Gasteiger partial charge is 0.322 e. The average Bonchev–Trinajstić information content (AvgIpc) is 3.23. The second kappa shape index (κ2) is 7.90. The van der Waals surface area contributed by atoms with Gasteiger partial charge in [-0.1, -0.05) is 6.92 Å². The highest BCUT2D eigenvalue weighted by molar-refractivity contribution is 5.88. The van der Waals surface area contributed by atoms with E-state index in [0.717, 1.165) is 25.9 Å². The van der Waals surface area contributed by atoms with Gasteiger partial charge in [-0.25, -0.2) is 4.79 Å². The van der Waals surface area contributed by atoms with Crippen molar-refractivity contribution in [2.24, 2.45) is 20.0 Å². The van der Waals surface area contributed by atoms with Gasteiger partial charge in [0, 0.05) is 51.6 Å². The molecule has 0 spiro atoms. The van der Waals surface area contributed by atoms with Gasteiger partial charge in [0.15, 0.2) is 0 Å². The van der Waals surface area contributed by atoms with E-state index in [1.165, 1.54) is 5.56 Å². The summed E-state index contributed by atoms with van der Waals surface area (Å²) in [6.07, 6.45) is 8.00. The molecule has 0 bridgehead atoms. The van der Waals surface area contributed by atoms with Crippen LogP contribution >= 0.6 is 0 Å². The van der Waals surface area contributed by atoms with E-state index in [2.05, 4.69) is 33.5 Å². The van der Waals surface area contributed by atoms with Gasteiger partial charge in [-0.15, -0.1) is 0 Å². The Morgan fingerprint density at radius 2 is 2.19 bits per heavy atom. The van der Waals surface area contributed by atoms with Crippen molar-refractivity contribution in [3.63, 3.8) is 0 Å². The maximum atomic E-state index is 12.6. The molecule has 3 heterocycles. The Hall–Kier alpha value is -2.35. The molecule has 1 aliphatic heterocycles. The Kier molecular flexibility index (Phi) is 5.61. The van der Waals surface area contributed by atoms with Gasteiger partial charge < -0.3 is 4.90 Å². The number of carbonyl (C=O) groups excluding carboxylic acids is 1. The molecule has 1 N–H and O–H groups in total. The van der Waals surface area contributed by atoms with Crippen molar-refractivity contribution in [1.82, 2.24) is 29.4 Å². The van der Waals surface area contributed by atoms with Gasteiger partial charge in [-0.2, -0.15) is 10.2 Å². The lowest BCUT2D eigenvalue weighted by Gasteiger charge is -2.41. The minimum Gasteiger partial charge on any atom is -0.327 e. The lowest BCUT2D eigenvalue weighted by Crippen LogP contribution is -2.44. The van der Waals surface area contributed by atoms with Crippen molar-refractivity contribution in [1.29, 1.82) is 0 Å². The first-order valence-corrected chi connectivity index (χ1v) is 9.22. The van der Waals surface area contributed by atoms with Crippen LogP contribution in [0.4, 0.5) is 10.6 Å². The van der Waals surface area contributed by atoms with Gasteiger partial charge in [0.2, 0.25) is 0 Å². The van der Waals surface area contributed by atoms with Crippen LogP contribution in [0, 0.1) is 5.92 Å². The molecule has 2 amide bonds. The summed E-state index contributed by atoms with van der Waals surface area (Å²) in [5.41, 5.74) is 1.24. The Labute approximate surface area is 154 Å². The topological polar surface area (TPSA) is 71.2 Å². The van der Waals surface area contributed by atoms with E-state index < -0.39 is 0 Å². The number of likely N-dealkylation sites (tertiary alicyclic amines) is 1. The number of nitrogens with zero attached hydrogens (tertiary/aromatic N) is 6. The summed E-state index contributed by atoms with van der Waals surface area (Å²) in [6, 6.07) is 1.99. The molecule has 8 nitrogen and oxygen atoms in total. The SMILES string of the molecule is CCN1CCC[C@@H](CN(C)C(=O)Nc2ccnn2C)[C@@H]1c1cnn(C)c1. The van der Waals surface area contributed by atoms with E-state index in [1.807, 2.05) is 32.0 Å². The molecule has 0 unspecified atom stereocenters. The van der Waals surface area contributed by atoms with Crippen molar-refractivity contribution >= 4 is 11.8 Å². The average molecular weight is 359 g/mol. The Balaban J connectivity index is 1.71. The normalized spacial score (nSPS) is 20.9. The molecule has 2 aromatic rings. The standard InChI is InChI=1S/C18H29N7O/c1-5-25-10-6-7-14(17(25)15-11-20-23(3)13-15)12-22(2)18(26)21-16-8-9-19-24(16)4/h8-9,11,13-14,17H,5-7,10,12H2,1-4H3,(H,21,26)/t14-,17+/m0/s1. The maximum absolute atomic E-state index is 12.6. The summed E-state index contributed by atoms with van der Waals surface area (Å²) in [7, 11) is 5.62. The molecular weight excluding hydrogens is 330 g/mol. The number of nitrogens with one attached hydrogen (secondary N) is 1. The molecule has 1 aliphatic rings. The van der Waals surface area contributed by atoms with Crippen molar-refractivity contribution in [3.8, 4) is 0 Å². The Bertz CT molecular complexity index is 737. The Morgan fingerprint density at radius 1 is 1.38 bits per heavy atom. The van der Waals surface area contributed by atoms with Crippen LogP contribution in [0.25, 0.3) is 0 Å². The molecule has 0 saturated carbocycles.